The van der Waals surface area contributed by atoms with Gasteiger partial charge in [-0.05, 0) is 25.1 Å². The number of urea groups is 1. The first-order valence-electron chi connectivity index (χ1n) is 4.46. The second kappa shape index (κ2) is 3.21. The van der Waals surface area contributed by atoms with E-state index in [4.69, 9.17) is 4.74 Å². The van der Waals surface area contributed by atoms with Gasteiger partial charge >= 0.3 is 6.03 Å². The molecular formula is C10H12N2O2. The highest BCUT2D eigenvalue weighted by Gasteiger charge is 2.20. The number of ether oxygens (including phenoxy) is 1. The molecule has 74 valence electrons. The Morgan fingerprint density at radius 1 is 1.43 bits per heavy atom. The van der Waals surface area contributed by atoms with Gasteiger partial charge in [0.1, 0.15) is 5.75 Å². The third-order valence-corrected chi connectivity index (χ3v) is 2.32. The van der Waals surface area contributed by atoms with E-state index < -0.39 is 0 Å². The fourth-order valence-electron chi connectivity index (χ4n) is 1.57. The van der Waals surface area contributed by atoms with Crippen LogP contribution < -0.4 is 15.4 Å². The van der Waals surface area contributed by atoms with Crippen LogP contribution in [0.25, 0.3) is 0 Å². The number of carbonyl (C=O) groups is 1. The van der Waals surface area contributed by atoms with Crippen LogP contribution in [-0.2, 0) is 0 Å². The van der Waals surface area contributed by atoms with Gasteiger partial charge in [0, 0.05) is 11.3 Å². The highest BCUT2D eigenvalue weighted by molar-refractivity contribution is 5.93. The Balaban J connectivity index is 2.44. The molecule has 0 bridgehead atoms. The van der Waals surface area contributed by atoms with E-state index in [-0.39, 0.29) is 12.1 Å². The number of carbonyl (C=O) groups excluding carboxylic acids is 1. The van der Waals surface area contributed by atoms with E-state index in [0.29, 0.717) is 0 Å². The molecule has 0 fully saturated rings. The van der Waals surface area contributed by atoms with Gasteiger partial charge in [-0.3, -0.25) is 0 Å². The molecule has 0 saturated carbocycles. The number of methoxy groups -OCH3 is 1. The maximum Gasteiger partial charge on any atom is 0.319 e. The maximum absolute atomic E-state index is 11.1. The SMILES string of the molecule is COc1ccc2c(c1)C(C)NC(=O)N2. The van der Waals surface area contributed by atoms with E-state index in [2.05, 4.69) is 10.6 Å². The minimum Gasteiger partial charge on any atom is -0.497 e. The molecule has 4 nitrogen and oxygen atoms in total. The Bertz CT molecular complexity index is 376. The molecule has 0 spiro atoms. The predicted octanol–water partition coefficient (Wildman–Crippen LogP) is 1.89. The zero-order valence-corrected chi connectivity index (χ0v) is 8.13. The first-order chi connectivity index (χ1) is 6.70. The van der Waals surface area contributed by atoms with Crippen molar-refractivity contribution in [3.05, 3.63) is 23.8 Å². The number of amides is 2. The first kappa shape index (κ1) is 8.87. The second-order valence-electron chi connectivity index (χ2n) is 3.27. The quantitative estimate of drug-likeness (QED) is 0.713. The highest BCUT2D eigenvalue weighted by atomic mass is 16.5. The summed E-state index contributed by atoms with van der Waals surface area (Å²) in [5, 5.41) is 5.52. The van der Waals surface area contributed by atoms with Crippen molar-refractivity contribution in [2.45, 2.75) is 13.0 Å². The van der Waals surface area contributed by atoms with Gasteiger partial charge in [0.05, 0.1) is 13.2 Å². The van der Waals surface area contributed by atoms with Crippen molar-refractivity contribution in [3.8, 4) is 5.75 Å². The maximum atomic E-state index is 11.1. The Morgan fingerprint density at radius 2 is 2.21 bits per heavy atom. The Labute approximate surface area is 82.3 Å². The molecule has 1 heterocycles. The molecule has 2 N–H and O–H groups in total. The summed E-state index contributed by atoms with van der Waals surface area (Å²) in [4.78, 5) is 11.1. The number of anilines is 1. The average molecular weight is 192 g/mol. The Kier molecular flexibility index (Phi) is 2.04. The minimum atomic E-state index is -0.157. The lowest BCUT2D eigenvalue weighted by Gasteiger charge is -2.24. The number of fused-ring (bicyclic) bond motifs is 1. The molecule has 0 radical (unpaired) electrons. The van der Waals surface area contributed by atoms with Gasteiger partial charge in [0.15, 0.2) is 0 Å². The summed E-state index contributed by atoms with van der Waals surface area (Å²) >= 11 is 0. The predicted molar refractivity (Wildman–Crippen MR) is 53.6 cm³/mol. The zero-order chi connectivity index (χ0) is 10.1. The van der Waals surface area contributed by atoms with E-state index in [1.54, 1.807) is 7.11 Å². The van der Waals surface area contributed by atoms with Gasteiger partial charge < -0.3 is 15.4 Å². The summed E-state index contributed by atoms with van der Waals surface area (Å²) in [5.41, 5.74) is 1.89. The molecule has 0 saturated heterocycles. The third-order valence-electron chi connectivity index (χ3n) is 2.32. The first-order valence-corrected chi connectivity index (χ1v) is 4.46. The van der Waals surface area contributed by atoms with Gasteiger partial charge in [-0.2, -0.15) is 0 Å². The topological polar surface area (TPSA) is 50.4 Å². The van der Waals surface area contributed by atoms with Crippen LogP contribution in [0.15, 0.2) is 18.2 Å². The van der Waals surface area contributed by atoms with Gasteiger partial charge in [0.25, 0.3) is 0 Å². The van der Waals surface area contributed by atoms with Crippen LogP contribution in [0.5, 0.6) is 5.75 Å². The average Bonchev–Trinajstić information content (AvgIpc) is 2.17. The molecular weight excluding hydrogens is 180 g/mol. The number of nitrogens with one attached hydrogen (secondary N) is 2. The van der Waals surface area contributed by atoms with E-state index >= 15 is 0 Å². The molecule has 1 aliphatic rings. The number of hydrogen-bond acceptors (Lipinski definition) is 2. The van der Waals surface area contributed by atoms with Crippen molar-refractivity contribution in [2.24, 2.45) is 0 Å². The monoisotopic (exact) mass is 192 g/mol. The van der Waals surface area contributed by atoms with Crippen LogP contribution in [0.4, 0.5) is 10.5 Å². The summed E-state index contributed by atoms with van der Waals surface area (Å²) in [6.45, 7) is 1.94. The zero-order valence-electron chi connectivity index (χ0n) is 8.13. The molecule has 0 aromatic heterocycles. The fraction of sp³-hybridized carbons (Fsp3) is 0.300. The van der Waals surface area contributed by atoms with Crippen LogP contribution in [0.1, 0.15) is 18.5 Å². The lowest BCUT2D eigenvalue weighted by atomic mass is 10.0. The van der Waals surface area contributed by atoms with E-state index in [9.17, 15) is 4.79 Å². The summed E-state index contributed by atoms with van der Waals surface area (Å²) in [6.07, 6.45) is 0. The normalized spacial score (nSPS) is 19.3. The van der Waals surface area contributed by atoms with Crippen molar-refractivity contribution in [1.29, 1.82) is 0 Å². The molecule has 1 unspecified atom stereocenters. The third kappa shape index (κ3) is 1.39. The molecule has 2 amide bonds. The van der Waals surface area contributed by atoms with Crippen LogP contribution in [-0.4, -0.2) is 13.1 Å². The Hall–Kier alpha value is -1.71. The van der Waals surface area contributed by atoms with Gasteiger partial charge in [-0.15, -0.1) is 0 Å². The van der Waals surface area contributed by atoms with Gasteiger partial charge in [-0.1, -0.05) is 0 Å². The van der Waals surface area contributed by atoms with Crippen molar-refractivity contribution in [2.75, 3.05) is 12.4 Å². The van der Waals surface area contributed by atoms with Crippen LogP contribution >= 0.6 is 0 Å². The summed E-state index contributed by atoms with van der Waals surface area (Å²) in [7, 11) is 1.63. The Morgan fingerprint density at radius 3 is 2.93 bits per heavy atom. The molecule has 1 aromatic rings. The smallest absolute Gasteiger partial charge is 0.319 e. The number of hydrogen-bond donors (Lipinski definition) is 2. The molecule has 4 heteroatoms. The van der Waals surface area contributed by atoms with Crippen molar-refractivity contribution < 1.29 is 9.53 Å². The largest absolute Gasteiger partial charge is 0.497 e. The van der Waals surface area contributed by atoms with Crippen LogP contribution in [0.3, 0.4) is 0 Å². The van der Waals surface area contributed by atoms with Gasteiger partial charge in [0.2, 0.25) is 0 Å². The molecule has 1 aromatic carbocycles. The number of rotatable bonds is 1. The molecule has 2 rings (SSSR count). The number of benzene rings is 1. The van der Waals surface area contributed by atoms with Crippen LogP contribution in [0, 0.1) is 0 Å². The summed E-state index contributed by atoms with van der Waals surface area (Å²) in [6, 6.07) is 5.47. The molecule has 0 aliphatic carbocycles. The van der Waals surface area contributed by atoms with Gasteiger partial charge in [-0.25, -0.2) is 4.79 Å². The minimum absolute atomic E-state index is 0.0221. The van der Waals surface area contributed by atoms with Crippen molar-refractivity contribution in [3.63, 3.8) is 0 Å². The highest BCUT2D eigenvalue weighted by Crippen LogP contribution is 2.29. The lowest BCUT2D eigenvalue weighted by Crippen LogP contribution is -2.36. The fourth-order valence-corrected chi connectivity index (χ4v) is 1.57. The standard InChI is InChI=1S/C10H12N2O2/c1-6-8-5-7(14-2)3-4-9(8)12-10(13)11-6/h3-6H,1-2H3,(H2,11,12,13). The van der Waals surface area contributed by atoms with Crippen LogP contribution in [0.2, 0.25) is 0 Å². The summed E-state index contributed by atoms with van der Waals surface area (Å²) < 4.78 is 5.11. The molecule has 14 heavy (non-hydrogen) atoms. The van der Waals surface area contributed by atoms with Crippen molar-refractivity contribution >= 4 is 11.7 Å². The molecule has 1 aliphatic heterocycles. The second-order valence-corrected chi connectivity index (χ2v) is 3.27. The van der Waals surface area contributed by atoms with Crippen molar-refractivity contribution in [1.82, 2.24) is 5.32 Å². The summed E-state index contributed by atoms with van der Waals surface area (Å²) in [5.74, 6) is 0.800. The molecule has 1 atom stereocenters. The van der Waals surface area contributed by atoms with E-state index in [1.807, 2.05) is 25.1 Å². The lowest BCUT2D eigenvalue weighted by molar-refractivity contribution is 0.248. The van der Waals surface area contributed by atoms with E-state index in [0.717, 1.165) is 17.0 Å². The van der Waals surface area contributed by atoms with E-state index in [1.165, 1.54) is 0 Å².